The predicted molar refractivity (Wildman–Crippen MR) is 110 cm³/mol. The Kier molecular flexibility index (Phi) is 5.20. The van der Waals surface area contributed by atoms with Crippen molar-refractivity contribution < 1.29 is 19.1 Å². The van der Waals surface area contributed by atoms with Crippen LogP contribution in [0, 0.1) is 0 Å². The Balaban J connectivity index is 1.85. The molecule has 1 aliphatic carbocycles. The molecule has 2 aromatic carbocycles. The smallest absolute Gasteiger partial charge is 0.343 e. The molecular weight excluding hydrogens is 392 g/mol. The van der Waals surface area contributed by atoms with Gasteiger partial charge in [0.15, 0.2) is 6.61 Å². The van der Waals surface area contributed by atoms with Crippen molar-refractivity contribution in [3.63, 3.8) is 0 Å². The number of rotatable bonds is 6. The van der Waals surface area contributed by atoms with Gasteiger partial charge in [-0.2, -0.15) is 0 Å². The van der Waals surface area contributed by atoms with Gasteiger partial charge in [0.25, 0.3) is 0 Å². The number of nitrogens with two attached hydrogens (primary N) is 1. The van der Waals surface area contributed by atoms with Crippen LogP contribution in [0.1, 0.15) is 29.2 Å². The lowest BCUT2D eigenvalue weighted by molar-refractivity contribution is -0.142. The van der Waals surface area contributed by atoms with E-state index in [0.29, 0.717) is 23.7 Å². The summed E-state index contributed by atoms with van der Waals surface area (Å²) in [5, 5.41) is 1.52. The number of ether oxygens (including phenoxy) is 2. The summed E-state index contributed by atoms with van der Waals surface area (Å²) >= 11 is 6.02. The van der Waals surface area contributed by atoms with Crippen molar-refractivity contribution in [1.29, 1.82) is 0 Å². The third kappa shape index (κ3) is 3.56. The molecule has 150 valence electrons. The zero-order chi connectivity index (χ0) is 20.5. The van der Waals surface area contributed by atoms with Crippen LogP contribution in [0.4, 0.5) is 0 Å². The molecule has 0 saturated carbocycles. The number of primary amides is 1. The van der Waals surface area contributed by atoms with Gasteiger partial charge < -0.3 is 19.8 Å². The predicted octanol–water partition coefficient (Wildman–Crippen LogP) is 3.41. The minimum atomic E-state index is -0.467. The van der Waals surface area contributed by atoms with Gasteiger partial charge in [-0.05, 0) is 48.2 Å². The molecule has 2 N–H and O–H groups in total. The second-order valence-electron chi connectivity index (χ2n) is 7.08. The molecule has 1 unspecified atom stereocenters. The van der Waals surface area contributed by atoms with Gasteiger partial charge in [-0.25, -0.2) is 4.79 Å². The van der Waals surface area contributed by atoms with Crippen LogP contribution in [0.15, 0.2) is 42.5 Å². The van der Waals surface area contributed by atoms with Gasteiger partial charge in [-0.1, -0.05) is 29.8 Å². The molecule has 6 nitrogen and oxygen atoms in total. The van der Waals surface area contributed by atoms with E-state index >= 15 is 0 Å². The molecule has 0 radical (unpaired) electrons. The zero-order valence-corrected chi connectivity index (χ0v) is 16.7. The van der Waals surface area contributed by atoms with E-state index in [2.05, 4.69) is 9.30 Å². The molecule has 0 aliphatic heterocycles. The van der Waals surface area contributed by atoms with Gasteiger partial charge in [0.1, 0.15) is 5.75 Å². The van der Waals surface area contributed by atoms with Crippen molar-refractivity contribution >= 4 is 34.4 Å². The summed E-state index contributed by atoms with van der Waals surface area (Å²) in [6.07, 6.45) is 1.42. The van der Waals surface area contributed by atoms with Crippen LogP contribution in [0.3, 0.4) is 0 Å². The largest absolute Gasteiger partial charge is 0.481 e. The van der Waals surface area contributed by atoms with Gasteiger partial charge in [0.05, 0.1) is 18.5 Å². The maximum Gasteiger partial charge on any atom is 0.343 e. The van der Waals surface area contributed by atoms with E-state index in [4.69, 9.17) is 22.1 Å². The number of carbonyl (C=O) groups is 2. The topological polar surface area (TPSA) is 83.6 Å². The number of hydrogen-bond acceptors (Lipinski definition) is 4. The van der Waals surface area contributed by atoms with Crippen LogP contribution >= 0.6 is 11.6 Å². The van der Waals surface area contributed by atoms with Gasteiger partial charge in [-0.3, -0.25) is 4.79 Å². The maximum atomic E-state index is 12.1. The van der Waals surface area contributed by atoms with Crippen LogP contribution < -0.4 is 10.5 Å². The lowest BCUT2D eigenvalue weighted by atomic mass is 9.99. The van der Waals surface area contributed by atoms with E-state index in [9.17, 15) is 9.59 Å². The fourth-order valence-electron chi connectivity index (χ4n) is 4.07. The van der Waals surface area contributed by atoms with Crippen LogP contribution in [-0.4, -0.2) is 30.2 Å². The molecule has 0 fully saturated rings. The van der Waals surface area contributed by atoms with Crippen molar-refractivity contribution in [2.24, 2.45) is 5.73 Å². The average Bonchev–Trinajstić information content (AvgIpc) is 3.27. The number of nitrogens with zero attached hydrogens (tertiary/aromatic N) is 1. The third-order valence-corrected chi connectivity index (χ3v) is 5.64. The maximum absolute atomic E-state index is 12.1. The molecule has 0 bridgehead atoms. The Hall–Kier alpha value is -2.99. The van der Waals surface area contributed by atoms with E-state index in [1.807, 2.05) is 36.4 Å². The summed E-state index contributed by atoms with van der Waals surface area (Å²) in [7, 11) is 1.32. The molecule has 1 aromatic heterocycles. The molecule has 4 rings (SSSR count). The second-order valence-corrected chi connectivity index (χ2v) is 7.52. The highest BCUT2D eigenvalue weighted by atomic mass is 35.5. The van der Waals surface area contributed by atoms with Crippen LogP contribution in [-0.2, 0) is 27.3 Å². The molecule has 0 saturated heterocycles. The fourth-order valence-corrected chi connectivity index (χ4v) is 4.20. The normalized spacial score (nSPS) is 15.3. The van der Waals surface area contributed by atoms with Crippen LogP contribution in [0.25, 0.3) is 10.9 Å². The minimum absolute atomic E-state index is 0.200. The minimum Gasteiger partial charge on any atom is -0.481 e. The molecule has 3 aromatic rings. The summed E-state index contributed by atoms with van der Waals surface area (Å²) < 4.78 is 12.6. The van der Waals surface area contributed by atoms with Crippen LogP contribution in [0.2, 0.25) is 5.02 Å². The first-order valence-corrected chi connectivity index (χ1v) is 9.74. The first kappa shape index (κ1) is 19.3. The Bertz CT molecular complexity index is 1090. The molecule has 7 heteroatoms. The van der Waals surface area contributed by atoms with Gasteiger partial charge in [-0.15, -0.1) is 0 Å². The van der Waals surface area contributed by atoms with E-state index in [-0.39, 0.29) is 18.4 Å². The quantitative estimate of drug-likeness (QED) is 0.629. The number of amides is 1. The van der Waals surface area contributed by atoms with Gasteiger partial charge in [0.2, 0.25) is 5.91 Å². The van der Waals surface area contributed by atoms with E-state index in [1.54, 1.807) is 6.07 Å². The second kappa shape index (κ2) is 7.79. The number of benzene rings is 2. The van der Waals surface area contributed by atoms with Crippen molar-refractivity contribution in [3.05, 3.63) is 64.3 Å². The highest BCUT2D eigenvalue weighted by molar-refractivity contribution is 6.30. The molecule has 1 aliphatic rings. The first-order valence-electron chi connectivity index (χ1n) is 9.37. The number of esters is 1. The average molecular weight is 413 g/mol. The first-order chi connectivity index (χ1) is 14.0. The van der Waals surface area contributed by atoms with Gasteiger partial charge in [0, 0.05) is 22.6 Å². The van der Waals surface area contributed by atoms with Crippen molar-refractivity contribution in [2.75, 3.05) is 13.7 Å². The standard InChI is InChI=1S/C22H21ClN2O4/c1-28-19(26)12-29-18-4-2-3-16-21(18)20-15(22(24)27)9-10-17(20)25(16)11-13-5-7-14(23)8-6-13/h2-8,15H,9-12H2,1H3,(H2,24,27). The third-order valence-electron chi connectivity index (χ3n) is 5.39. The molecular formula is C22H21ClN2O4. The van der Waals surface area contributed by atoms with E-state index in [1.165, 1.54) is 7.11 Å². The fraction of sp³-hybridized carbons (Fsp3) is 0.273. The monoisotopic (exact) mass is 412 g/mol. The zero-order valence-electron chi connectivity index (χ0n) is 16.0. The molecule has 1 heterocycles. The number of methoxy groups -OCH3 is 1. The summed E-state index contributed by atoms with van der Waals surface area (Å²) in [5.41, 5.74) is 9.72. The SMILES string of the molecule is COC(=O)COc1cccc2c1c1c(n2Cc2ccc(Cl)cc2)CCC1C(N)=O. The lowest BCUT2D eigenvalue weighted by Crippen LogP contribution is -2.19. The Morgan fingerprint density at radius 2 is 1.97 bits per heavy atom. The number of aromatic nitrogens is 1. The Morgan fingerprint density at radius 3 is 2.66 bits per heavy atom. The van der Waals surface area contributed by atoms with Crippen LogP contribution in [0.5, 0.6) is 5.75 Å². The summed E-state index contributed by atoms with van der Waals surface area (Å²) in [6, 6.07) is 13.4. The Labute approximate surface area is 173 Å². The van der Waals surface area contributed by atoms with Crippen molar-refractivity contribution in [3.8, 4) is 5.75 Å². The van der Waals surface area contributed by atoms with Crippen molar-refractivity contribution in [1.82, 2.24) is 4.57 Å². The highest BCUT2D eigenvalue weighted by Crippen LogP contribution is 2.44. The summed E-state index contributed by atoms with van der Waals surface area (Å²) in [4.78, 5) is 23.7. The summed E-state index contributed by atoms with van der Waals surface area (Å²) in [6.45, 7) is 0.433. The van der Waals surface area contributed by atoms with Gasteiger partial charge >= 0.3 is 5.97 Å². The van der Waals surface area contributed by atoms with Crippen molar-refractivity contribution in [2.45, 2.75) is 25.3 Å². The molecule has 0 spiro atoms. The number of carbonyl (C=O) groups excluding carboxylic acids is 2. The molecule has 1 atom stereocenters. The van der Waals surface area contributed by atoms with E-state index < -0.39 is 5.97 Å². The lowest BCUT2D eigenvalue weighted by Gasteiger charge is -2.12. The molecule has 29 heavy (non-hydrogen) atoms. The number of fused-ring (bicyclic) bond motifs is 3. The van der Waals surface area contributed by atoms with E-state index in [0.717, 1.165) is 34.1 Å². The number of hydrogen-bond donors (Lipinski definition) is 1. The molecule has 1 amide bonds. The number of halogens is 1. The Morgan fingerprint density at radius 1 is 1.21 bits per heavy atom. The summed E-state index contributed by atoms with van der Waals surface area (Å²) in [5.74, 6) is -0.642. The highest BCUT2D eigenvalue weighted by Gasteiger charge is 2.34.